The number of imidazole rings is 1. The maximum atomic E-state index is 5.74. The van der Waals surface area contributed by atoms with Crippen molar-refractivity contribution in [3.63, 3.8) is 0 Å². The monoisotopic (exact) mass is 248 g/mol. The van der Waals surface area contributed by atoms with E-state index in [1.807, 2.05) is 6.92 Å². The lowest BCUT2D eigenvalue weighted by atomic mass is 10.2. The van der Waals surface area contributed by atoms with Crippen LogP contribution in [0.1, 0.15) is 6.92 Å². The largest absolute Gasteiger partial charge is 0.370 e. The number of morpholine rings is 1. The van der Waals surface area contributed by atoms with E-state index in [4.69, 9.17) is 10.5 Å². The number of hydrogen-bond acceptors (Lipinski definition) is 6. The number of nitrogens with one attached hydrogen (secondary N) is 1. The summed E-state index contributed by atoms with van der Waals surface area (Å²) in [5.74, 6) is 0.867. The third kappa shape index (κ3) is 1.91. The van der Waals surface area contributed by atoms with Crippen molar-refractivity contribution in [3.8, 4) is 0 Å². The maximum absolute atomic E-state index is 5.74. The molecule has 3 rings (SSSR count). The molecular weight excluding hydrogens is 232 g/mol. The summed E-state index contributed by atoms with van der Waals surface area (Å²) >= 11 is 0. The molecule has 7 heteroatoms. The molecule has 2 atom stereocenters. The van der Waals surface area contributed by atoms with Gasteiger partial charge in [0.15, 0.2) is 11.5 Å². The number of anilines is 1. The fourth-order valence-corrected chi connectivity index (χ4v) is 2.34. The second-order valence-electron chi connectivity index (χ2n) is 4.51. The van der Waals surface area contributed by atoms with E-state index in [1.165, 1.54) is 6.33 Å². The average Bonchev–Trinajstić information content (AvgIpc) is 2.85. The fraction of sp³-hybridized carbons (Fsp3) is 0.545. The van der Waals surface area contributed by atoms with Crippen LogP contribution in [0.15, 0.2) is 12.7 Å². The minimum atomic E-state index is 0.0432. The van der Waals surface area contributed by atoms with Gasteiger partial charge in [0.2, 0.25) is 0 Å². The van der Waals surface area contributed by atoms with Gasteiger partial charge >= 0.3 is 0 Å². The number of ether oxygens (including phenoxy) is 1. The van der Waals surface area contributed by atoms with Crippen molar-refractivity contribution in [2.45, 2.75) is 19.1 Å². The lowest BCUT2D eigenvalue weighted by molar-refractivity contribution is -0.0106. The van der Waals surface area contributed by atoms with E-state index in [0.29, 0.717) is 12.2 Å². The van der Waals surface area contributed by atoms with Gasteiger partial charge in [-0.25, -0.2) is 15.0 Å². The van der Waals surface area contributed by atoms with Crippen LogP contribution >= 0.6 is 0 Å². The summed E-state index contributed by atoms with van der Waals surface area (Å²) in [5, 5.41) is 0. The zero-order valence-corrected chi connectivity index (χ0v) is 10.2. The number of aromatic amines is 1. The van der Waals surface area contributed by atoms with Crippen molar-refractivity contribution < 1.29 is 4.74 Å². The Balaban J connectivity index is 1.96. The van der Waals surface area contributed by atoms with Gasteiger partial charge in [0.1, 0.15) is 11.8 Å². The first-order chi connectivity index (χ1) is 8.78. The Hall–Kier alpha value is -1.73. The number of nitrogens with zero attached hydrogens (tertiary/aromatic N) is 4. The number of nitrogens with two attached hydrogens (primary N) is 1. The summed E-state index contributed by atoms with van der Waals surface area (Å²) in [6.45, 7) is 4.09. The molecule has 1 aliphatic rings. The van der Waals surface area contributed by atoms with Crippen LogP contribution in [0.2, 0.25) is 0 Å². The molecule has 0 aromatic carbocycles. The van der Waals surface area contributed by atoms with Crippen LogP contribution in [0.4, 0.5) is 5.82 Å². The lowest BCUT2D eigenvalue weighted by Crippen LogP contribution is -2.49. The van der Waals surface area contributed by atoms with E-state index < -0.39 is 0 Å². The van der Waals surface area contributed by atoms with Crippen LogP contribution < -0.4 is 10.6 Å². The van der Waals surface area contributed by atoms with Crippen LogP contribution in [-0.4, -0.2) is 51.8 Å². The van der Waals surface area contributed by atoms with Crippen LogP contribution in [0.3, 0.4) is 0 Å². The van der Waals surface area contributed by atoms with Crippen LogP contribution in [-0.2, 0) is 4.74 Å². The van der Waals surface area contributed by atoms with Crippen LogP contribution in [0, 0.1) is 0 Å². The van der Waals surface area contributed by atoms with Gasteiger partial charge in [-0.05, 0) is 6.92 Å². The van der Waals surface area contributed by atoms with Crippen molar-refractivity contribution in [2.75, 3.05) is 24.5 Å². The van der Waals surface area contributed by atoms with E-state index in [0.717, 1.165) is 24.4 Å². The number of rotatable bonds is 2. The molecule has 0 radical (unpaired) electrons. The molecule has 0 saturated carbocycles. The van der Waals surface area contributed by atoms with Gasteiger partial charge in [0.05, 0.1) is 18.5 Å². The fourth-order valence-electron chi connectivity index (χ4n) is 2.34. The topological polar surface area (TPSA) is 93.0 Å². The molecule has 3 N–H and O–H groups in total. The highest BCUT2D eigenvalue weighted by atomic mass is 16.5. The van der Waals surface area contributed by atoms with Crippen molar-refractivity contribution in [3.05, 3.63) is 12.7 Å². The van der Waals surface area contributed by atoms with Gasteiger partial charge in [-0.2, -0.15) is 0 Å². The smallest absolute Gasteiger partial charge is 0.182 e. The Bertz CT molecular complexity index is 541. The Kier molecular flexibility index (Phi) is 2.85. The first-order valence-corrected chi connectivity index (χ1v) is 6.02. The summed E-state index contributed by atoms with van der Waals surface area (Å²) in [6, 6.07) is 0. The van der Waals surface area contributed by atoms with Crippen molar-refractivity contribution >= 4 is 17.0 Å². The summed E-state index contributed by atoms with van der Waals surface area (Å²) in [7, 11) is 0. The molecule has 3 heterocycles. The van der Waals surface area contributed by atoms with E-state index >= 15 is 0 Å². The summed E-state index contributed by atoms with van der Waals surface area (Å²) in [5.41, 5.74) is 7.24. The van der Waals surface area contributed by atoms with Gasteiger partial charge in [-0.1, -0.05) is 0 Å². The molecule has 7 nitrogen and oxygen atoms in total. The molecule has 0 spiro atoms. The Labute approximate surface area is 104 Å². The highest BCUT2D eigenvalue weighted by Crippen LogP contribution is 2.23. The van der Waals surface area contributed by atoms with E-state index in [2.05, 4.69) is 24.8 Å². The first-order valence-electron chi connectivity index (χ1n) is 6.02. The summed E-state index contributed by atoms with van der Waals surface area (Å²) in [4.78, 5) is 17.9. The Morgan fingerprint density at radius 1 is 1.44 bits per heavy atom. The van der Waals surface area contributed by atoms with Crippen LogP contribution in [0.25, 0.3) is 11.2 Å². The molecule has 1 saturated heterocycles. The number of aromatic nitrogens is 4. The highest BCUT2D eigenvalue weighted by molar-refractivity contribution is 5.82. The molecule has 96 valence electrons. The minimum absolute atomic E-state index is 0.0432. The van der Waals surface area contributed by atoms with Crippen molar-refractivity contribution in [1.82, 2.24) is 19.9 Å². The molecule has 1 aliphatic heterocycles. The minimum Gasteiger partial charge on any atom is -0.370 e. The average molecular weight is 248 g/mol. The molecule has 2 unspecified atom stereocenters. The van der Waals surface area contributed by atoms with Crippen molar-refractivity contribution in [2.24, 2.45) is 5.73 Å². The number of fused-ring (bicyclic) bond motifs is 1. The van der Waals surface area contributed by atoms with Gasteiger partial charge < -0.3 is 20.4 Å². The highest BCUT2D eigenvalue weighted by Gasteiger charge is 2.26. The molecule has 0 aliphatic carbocycles. The molecule has 18 heavy (non-hydrogen) atoms. The van der Waals surface area contributed by atoms with E-state index in [9.17, 15) is 0 Å². The van der Waals surface area contributed by atoms with Gasteiger partial charge in [-0.3, -0.25) is 0 Å². The van der Waals surface area contributed by atoms with Gasteiger partial charge in [0, 0.05) is 19.6 Å². The molecular formula is C11H16N6O. The third-order valence-corrected chi connectivity index (χ3v) is 3.09. The first kappa shape index (κ1) is 11.4. The van der Waals surface area contributed by atoms with Crippen molar-refractivity contribution in [1.29, 1.82) is 0 Å². The normalized spacial score (nSPS) is 24.7. The quantitative estimate of drug-likeness (QED) is 0.771. The van der Waals surface area contributed by atoms with Gasteiger partial charge in [0.25, 0.3) is 0 Å². The Morgan fingerprint density at radius 2 is 2.33 bits per heavy atom. The SMILES string of the molecule is CC1CN(c2ncnc3nc[nH]c23)CC(CN)O1. The second kappa shape index (κ2) is 4.51. The third-order valence-electron chi connectivity index (χ3n) is 3.09. The second-order valence-corrected chi connectivity index (χ2v) is 4.51. The zero-order chi connectivity index (χ0) is 12.5. The molecule has 1 fully saturated rings. The standard InChI is InChI=1S/C11H16N6O/c1-7-3-17(4-8(2-12)18-7)11-9-10(14-5-13-9)15-6-16-11/h5-8H,2-4,12H2,1H3,(H,13,14,15,16). The molecule has 0 bridgehead atoms. The predicted octanol–water partition coefficient (Wildman–Crippen LogP) is -0.0947. The summed E-state index contributed by atoms with van der Waals surface area (Å²) < 4.78 is 5.74. The molecule has 2 aromatic rings. The maximum Gasteiger partial charge on any atom is 0.182 e. The number of hydrogen-bond donors (Lipinski definition) is 2. The Morgan fingerprint density at radius 3 is 3.17 bits per heavy atom. The lowest BCUT2D eigenvalue weighted by Gasteiger charge is -2.37. The van der Waals surface area contributed by atoms with E-state index in [1.54, 1.807) is 6.33 Å². The molecule has 2 aromatic heterocycles. The van der Waals surface area contributed by atoms with Gasteiger partial charge in [-0.15, -0.1) is 0 Å². The van der Waals surface area contributed by atoms with E-state index in [-0.39, 0.29) is 12.2 Å². The molecule has 0 amide bonds. The predicted molar refractivity (Wildman–Crippen MR) is 67.3 cm³/mol. The zero-order valence-electron chi connectivity index (χ0n) is 10.2. The summed E-state index contributed by atoms with van der Waals surface area (Å²) in [6.07, 6.45) is 3.35. The van der Waals surface area contributed by atoms with Crippen LogP contribution in [0.5, 0.6) is 0 Å². The number of H-pyrrole nitrogens is 1.